The summed E-state index contributed by atoms with van der Waals surface area (Å²) in [5.41, 5.74) is 1.64. The van der Waals surface area contributed by atoms with E-state index in [4.69, 9.17) is 0 Å². The average molecular weight is 532 g/mol. The number of fused-ring (bicyclic) bond motifs is 2. The molecule has 5 rings (SSSR count). The van der Waals surface area contributed by atoms with Crippen LogP contribution in [0.2, 0.25) is 0 Å². The summed E-state index contributed by atoms with van der Waals surface area (Å²) in [5, 5.41) is 6.51. The van der Waals surface area contributed by atoms with E-state index in [0.29, 0.717) is 27.4 Å². The lowest BCUT2D eigenvalue weighted by Crippen LogP contribution is -2.36. The molecule has 202 valence electrons. The van der Waals surface area contributed by atoms with Crippen molar-refractivity contribution in [3.05, 3.63) is 120 Å². The highest BCUT2D eigenvalue weighted by Crippen LogP contribution is 2.13. The highest BCUT2D eigenvalue weighted by molar-refractivity contribution is 5.99. The Morgan fingerprint density at radius 3 is 1.85 bits per heavy atom. The van der Waals surface area contributed by atoms with Crippen molar-refractivity contribution in [2.45, 2.75) is 0 Å². The number of anilines is 1. The van der Waals surface area contributed by atoms with Gasteiger partial charge in [0.2, 0.25) is 0 Å². The standard InChI is InChI=1S/C10H10N2O2.C9H12N2O.C9H7NO3/c1-11-8-6-4-3-5-7(8)9(13)12(2)10(11)14;1-10-8-6-4-3-5-7(8)9(12)11-2;1-10-7-5-3-2-4-6(7)8(11)13-9(10)12/h3-6H,1-2H3;3-6,10H,1-2H3,(H,11,12);2-5H,1H3. The van der Waals surface area contributed by atoms with Crippen LogP contribution in [0.25, 0.3) is 21.8 Å². The van der Waals surface area contributed by atoms with Crippen molar-refractivity contribution < 1.29 is 9.21 Å². The molecule has 0 unspecified atom stereocenters. The lowest BCUT2D eigenvalue weighted by Gasteiger charge is -2.06. The maximum atomic E-state index is 11.7. The SMILES string of the molecule is CNC(=O)c1ccccc1NC.Cn1c(=O)c2ccccc2n(C)c1=O.Cn1c(=O)oc(=O)c2ccccc21. The number of aryl methyl sites for hydroxylation is 2. The second-order valence-electron chi connectivity index (χ2n) is 8.33. The minimum absolute atomic E-state index is 0.0695. The largest absolute Gasteiger partial charge is 0.422 e. The van der Waals surface area contributed by atoms with Crippen molar-refractivity contribution in [2.75, 3.05) is 19.4 Å². The third kappa shape index (κ3) is 6.04. The molecule has 1 amide bonds. The predicted molar refractivity (Wildman–Crippen MR) is 152 cm³/mol. The molecule has 0 saturated carbocycles. The van der Waals surface area contributed by atoms with Gasteiger partial charge in [0, 0.05) is 40.9 Å². The van der Waals surface area contributed by atoms with Crippen LogP contribution in [0.5, 0.6) is 0 Å². The van der Waals surface area contributed by atoms with Crippen LogP contribution in [-0.4, -0.2) is 33.7 Å². The fourth-order valence-corrected chi connectivity index (χ4v) is 3.82. The summed E-state index contributed by atoms with van der Waals surface area (Å²) < 4.78 is 8.36. The molecule has 39 heavy (non-hydrogen) atoms. The lowest BCUT2D eigenvalue weighted by molar-refractivity contribution is 0.0964. The molecule has 0 aliphatic carbocycles. The van der Waals surface area contributed by atoms with Gasteiger partial charge in [0.1, 0.15) is 0 Å². The third-order valence-corrected chi connectivity index (χ3v) is 5.98. The Balaban J connectivity index is 0.000000162. The van der Waals surface area contributed by atoms with Gasteiger partial charge in [-0.05, 0) is 36.4 Å². The molecule has 0 fully saturated rings. The summed E-state index contributed by atoms with van der Waals surface area (Å²) in [5.74, 6) is -0.705. The molecule has 0 saturated heterocycles. The minimum atomic E-state index is -0.635. The number of nitrogens with zero attached hydrogens (tertiary/aromatic N) is 3. The van der Waals surface area contributed by atoms with Crippen LogP contribution >= 0.6 is 0 Å². The Hall–Kier alpha value is -5.19. The lowest BCUT2D eigenvalue weighted by atomic mass is 10.1. The summed E-state index contributed by atoms with van der Waals surface area (Å²) in [4.78, 5) is 56.6. The van der Waals surface area contributed by atoms with Gasteiger partial charge in [-0.2, -0.15) is 0 Å². The van der Waals surface area contributed by atoms with E-state index < -0.39 is 11.4 Å². The summed E-state index contributed by atoms with van der Waals surface area (Å²) in [6, 6.07) is 21.3. The van der Waals surface area contributed by atoms with Crippen molar-refractivity contribution in [3.8, 4) is 0 Å². The zero-order chi connectivity index (χ0) is 28.7. The number of para-hydroxylation sites is 3. The van der Waals surface area contributed by atoms with Gasteiger partial charge in [-0.3, -0.25) is 23.3 Å². The van der Waals surface area contributed by atoms with E-state index in [1.807, 2.05) is 18.2 Å². The summed E-state index contributed by atoms with van der Waals surface area (Å²) in [7, 11) is 8.12. The van der Waals surface area contributed by atoms with Gasteiger partial charge in [0.25, 0.3) is 11.5 Å². The van der Waals surface area contributed by atoms with Crippen LogP contribution in [0, 0.1) is 0 Å². The molecule has 0 atom stereocenters. The van der Waals surface area contributed by atoms with Gasteiger partial charge < -0.3 is 15.1 Å². The van der Waals surface area contributed by atoms with Crippen LogP contribution in [0.4, 0.5) is 5.69 Å². The number of carbonyl (C=O) groups excluding carboxylic acids is 1. The minimum Gasteiger partial charge on any atom is -0.387 e. The molecule has 11 nitrogen and oxygen atoms in total. The molecule has 0 spiro atoms. The number of hydrogen-bond donors (Lipinski definition) is 2. The Labute approximate surface area is 222 Å². The van der Waals surface area contributed by atoms with E-state index in [1.54, 1.807) is 82.8 Å². The van der Waals surface area contributed by atoms with E-state index in [1.165, 1.54) is 16.2 Å². The van der Waals surface area contributed by atoms with Gasteiger partial charge in [0.05, 0.1) is 27.4 Å². The first kappa shape index (κ1) is 28.4. The maximum absolute atomic E-state index is 11.7. The van der Waals surface area contributed by atoms with Gasteiger partial charge in [-0.1, -0.05) is 36.4 Å². The summed E-state index contributed by atoms with van der Waals surface area (Å²) in [6.07, 6.45) is 0. The predicted octanol–water partition coefficient (Wildman–Crippen LogP) is 1.82. The van der Waals surface area contributed by atoms with Gasteiger partial charge >= 0.3 is 17.1 Å². The van der Waals surface area contributed by atoms with Crippen LogP contribution in [0.1, 0.15) is 10.4 Å². The molecular weight excluding hydrogens is 502 g/mol. The van der Waals surface area contributed by atoms with Crippen LogP contribution in [0.15, 0.2) is 96.4 Å². The first-order valence-electron chi connectivity index (χ1n) is 11.8. The van der Waals surface area contributed by atoms with E-state index in [-0.39, 0.29) is 17.2 Å². The summed E-state index contributed by atoms with van der Waals surface area (Å²) >= 11 is 0. The number of carbonyl (C=O) groups is 1. The highest BCUT2D eigenvalue weighted by atomic mass is 16.4. The molecule has 3 aromatic carbocycles. The molecule has 5 aromatic rings. The number of amides is 1. The molecule has 0 aliphatic heterocycles. The monoisotopic (exact) mass is 531 g/mol. The van der Waals surface area contributed by atoms with Crippen LogP contribution < -0.4 is 33.3 Å². The van der Waals surface area contributed by atoms with Gasteiger partial charge in [0.15, 0.2) is 0 Å². The molecule has 0 radical (unpaired) electrons. The number of rotatable bonds is 2. The Bertz CT molecular complexity index is 1880. The van der Waals surface area contributed by atoms with Crippen LogP contribution in [-0.2, 0) is 21.1 Å². The van der Waals surface area contributed by atoms with Crippen molar-refractivity contribution in [1.29, 1.82) is 0 Å². The van der Waals surface area contributed by atoms with Gasteiger partial charge in [-0.25, -0.2) is 14.4 Å². The number of benzene rings is 3. The number of nitrogens with one attached hydrogen (secondary N) is 2. The quantitative estimate of drug-likeness (QED) is 0.354. The Morgan fingerprint density at radius 1 is 0.692 bits per heavy atom. The zero-order valence-corrected chi connectivity index (χ0v) is 22.2. The van der Waals surface area contributed by atoms with Crippen LogP contribution in [0.3, 0.4) is 0 Å². The average Bonchev–Trinajstić information content (AvgIpc) is 2.98. The maximum Gasteiger partial charge on any atom is 0.422 e. The molecule has 2 N–H and O–H groups in total. The van der Waals surface area contributed by atoms with Gasteiger partial charge in [-0.15, -0.1) is 0 Å². The first-order valence-corrected chi connectivity index (χ1v) is 11.8. The third-order valence-electron chi connectivity index (χ3n) is 5.98. The smallest absolute Gasteiger partial charge is 0.387 e. The molecule has 11 heteroatoms. The molecule has 0 bridgehead atoms. The Morgan fingerprint density at radius 2 is 1.23 bits per heavy atom. The summed E-state index contributed by atoms with van der Waals surface area (Å²) in [6.45, 7) is 0. The topological polar surface area (TPSA) is 137 Å². The number of hydrogen-bond acceptors (Lipinski definition) is 7. The molecule has 2 aromatic heterocycles. The fraction of sp³-hybridized carbons (Fsp3) is 0.179. The molecule has 0 aliphatic rings. The highest BCUT2D eigenvalue weighted by Gasteiger charge is 2.07. The normalized spacial score (nSPS) is 10.2. The zero-order valence-electron chi connectivity index (χ0n) is 22.2. The second-order valence-corrected chi connectivity index (χ2v) is 8.33. The van der Waals surface area contributed by atoms with E-state index in [0.717, 1.165) is 10.3 Å². The Kier molecular flexibility index (Phi) is 9.00. The van der Waals surface area contributed by atoms with Crippen molar-refractivity contribution in [3.63, 3.8) is 0 Å². The van der Waals surface area contributed by atoms with Crippen molar-refractivity contribution in [2.24, 2.45) is 21.1 Å². The molecule has 2 heterocycles. The molecular formula is C28H29N5O6. The fourth-order valence-electron chi connectivity index (χ4n) is 3.82. The van der Waals surface area contributed by atoms with E-state index >= 15 is 0 Å². The van der Waals surface area contributed by atoms with Crippen molar-refractivity contribution >= 4 is 33.4 Å². The van der Waals surface area contributed by atoms with E-state index in [2.05, 4.69) is 15.1 Å². The number of aromatic nitrogens is 3. The second kappa shape index (κ2) is 12.4. The van der Waals surface area contributed by atoms with E-state index in [9.17, 15) is 24.0 Å². The van der Waals surface area contributed by atoms with Crippen molar-refractivity contribution in [1.82, 2.24) is 19.0 Å². The first-order chi connectivity index (χ1) is 18.6.